The van der Waals surface area contributed by atoms with Crippen molar-refractivity contribution in [1.29, 1.82) is 0 Å². The van der Waals surface area contributed by atoms with E-state index in [1.807, 2.05) is 0 Å². The van der Waals surface area contributed by atoms with Crippen molar-refractivity contribution in [2.75, 3.05) is 32.9 Å². The molecule has 0 aromatic heterocycles. The van der Waals surface area contributed by atoms with Crippen molar-refractivity contribution in [3.63, 3.8) is 0 Å². The lowest BCUT2D eigenvalue weighted by Gasteiger charge is -2.13. The average molecular weight is 189 g/mol. The van der Waals surface area contributed by atoms with E-state index in [-0.39, 0.29) is 6.10 Å². The third-order valence-corrected chi connectivity index (χ3v) is 1.66. The van der Waals surface area contributed by atoms with Gasteiger partial charge in [0.2, 0.25) is 0 Å². The number of rotatable bonds is 9. The van der Waals surface area contributed by atoms with Crippen molar-refractivity contribution in [3.8, 4) is 0 Å². The Labute approximate surface area is 81.8 Å². The summed E-state index contributed by atoms with van der Waals surface area (Å²) in [6.07, 6.45) is 1.36. The summed E-state index contributed by atoms with van der Waals surface area (Å²) in [6.45, 7) is 10.4. The zero-order chi connectivity index (χ0) is 9.94. The van der Waals surface area contributed by atoms with Gasteiger partial charge < -0.3 is 14.8 Å². The fourth-order valence-electron chi connectivity index (χ4n) is 0.961. The zero-order valence-corrected chi connectivity index (χ0v) is 9.14. The molecule has 3 nitrogen and oxygen atoms in total. The average Bonchev–Trinajstić information content (AvgIpc) is 2.14. The van der Waals surface area contributed by atoms with E-state index in [1.54, 1.807) is 0 Å². The van der Waals surface area contributed by atoms with Gasteiger partial charge in [-0.25, -0.2) is 0 Å². The van der Waals surface area contributed by atoms with Gasteiger partial charge in [0.05, 0.1) is 19.3 Å². The highest BCUT2D eigenvalue weighted by Crippen LogP contribution is 1.89. The molecule has 1 atom stereocenters. The Kier molecular flexibility index (Phi) is 9.87. The van der Waals surface area contributed by atoms with E-state index < -0.39 is 0 Å². The molecule has 1 N–H and O–H groups in total. The van der Waals surface area contributed by atoms with E-state index in [1.165, 1.54) is 0 Å². The second kappa shape index (κ2) is 9.96. The number of hydrogen-bond acceptors (Lipinski definition) is 3. The predicted molar refractivity (Wildman–Crippen MR) is 55.1 cm³/mol. The van der Waals surface area contributed by atoms with E-state index >= 15 is 0 Å². The Balaban J connectivity index is 3.03. The largest absolute Gasteiger partial charge is 0.379 e. The third-order valence-electron chi connectivity index (χ3n) is 1.66. The topological polar surface area (TPSA) is 30.5 Å². The van der Waals surface area contributed by atoms with Crippen molar-refractivity contribution in [1.82, 2.24) is 5.32 Å². The first-order chi connectivity index (χ1) is 6.31. The summed E-state index contributed by atoms with van der Waals surface area (Å²) in [4.78, 5) is 0. The zero-order valence-electron chi connectivity index (χ0n) is 9.14. The Morgan fingerprint density at radius 2 is 1.92 bits per heavy atom. The Hall–Kier alpha value is -0.120. The van der Waals surface area contributed by atoms with Crippen LogP contribution in [0.2, 0.25) is 0 Å². The van der Waals surface area contributed by atoms with Gasteiger partial charge in [-0.3, -0.25) is 0 Å². The van der Waals surface area contributed by atoms with Crippen LogP contribution in [0.15, 0.2) is 0 Å². The molecule has 80 valence electrons. The van der Waals surface area contributed by atoms with Crippen LogP contribution < -0.4 is 5.32 Å². The molecule has 0 aliphatic heterocycles. The van der Waals surface area contributed by atoms with Crippen LogP contribution in [0.25, 0.3) is 0 Å². The molecule has 0 spiro atoms. The van der Waals surface area contributed by atoms with Crippen LogP contribution in [0.4, 0.5) is 0 Å². The van der Waals surface area contributed by atoms with E-state index in [0.29, 0.717) is 13.2 Å². The first-order valence-electron chi connectivity index (χ1n) is 5.21. The molecule has 0 aromatic carbocycles. The lowest BCUT2D eigenvalue weighted by atomic mass is 10.4. The maximum Gasteiger partial charge on any atom is 0.0704 e. The highest BCUT2D eigenvalue weighted by Gasteiger charge is 1.99. The second-order valence-corrected chi connectivity index (χ2v) is 3.10. The van der Waals surface area contributed by atoms with E-state index in [2.05, 4.69) is 26.1 Å². The van der Waals surface area contributed by atoms with Gasteiger partial charge in [0.1, 0.15) is 0 Å². The third kappa shape index (κ3) is 9.80. The molecule has 0 aromatic rings. The molecule has 1 unspecified atom stereocenters. The highest BCUT2D eigenvalue weighted by atomic mass is 16.5. The van der Waals surface area contributed by atoms with Gasteiger partial charge >= 0.3 is 0 Å². The van der Waals surface area contributed by atoms with Crippen LogP contribution in [0.5, 0.6) is 0 Å². The standard InChI is InChI=1S/C10H23NO2/c1-4-6-12-7-8-13-10(3)9-11-5-2/h10-11H,4-9H2,1-3H3. The molecule has 0 aliphatic rings. The van der Waals surface area contributed by atoms with Crippen LogP contribution in [0.1, 0.15) is 27.2 Å². The molecule has 0 heterocycles. The Bertz CT molecular complexity index is 98.9. The molecule has 0 fully saturated rings. The lowest BCUT2D eigenvalue weighted by Crippen LogP contribution is -2.27. The summed E-state index contributed by atoms with van der Waals surface area (Å²) in [6, 6.07) is 0. The second-order valence-electron chi connectivity index (χ2n) is 3.10. The van der Waals surface area contributed by atoms with E-state index in [4.69, 9.17) is 9.47 Å². The van der Waals surface area contributed by atoms with Crippen LogP contribution in [-0.4, -0.2) is 39.0 Å². The molecule has 0 amide bonds. The van der Waals surface area contributed by atoms with Gasteiger partial charge in [0.25, 0.3) is 0 Å². The van der Waals surface area contributed by atoms with Crippen molar-refractivity contribution >= 4 is 0 Å². The molecule has 3 heteroatoms. The molecule has 0 bridgehead atoms. The summed E-state index contributed by atoms with van der Waals surface area (Å²) in [7, 11) is 0. The minimum Gasteiger partial charge on any atom is -0.379 e. The summed E-state index contributed by atoms with van der Waals surface area (Å²) in [5, 5.41) is 3.23. The number of ether oxygens (including phenoxy) is 2. The van der Waals surface area contributed by atoms with Gasteiger partial charge in [-0.15, -0.1) is 0 Å². The smallest absolute Gasteiger partial charge is 0.0704 e. The molecule has 0 saturated heterocycles. The minimum absolute atomic E-state index is 0.283. The van der Waals surface area contributed by atoms with E-state index in [9.17, 15) is 0 Å². The lowest BCUT2D eigenvalue weighted by molar-refractivity contribution is 0.0132. The fraction of sp³-hybridized carbons (Fsp3) is 1.00. The van der Waals surface area contributed by atoms with Gasteiger partial charge in [-0.1, -0.05) is 13.8 Å². The molecule has 0 saturated carbocycles. The van der Waals surface area contributed by atoms with Crippen molar-refractivity contribution in [2.24, 2.45) is 0 Å². The summed E-state index contributed by atoms with van der Waals surface area (Å²) >= 11 is 0. The van der Waals surface area contributed by atoms with Crippen molar-refractivity contribution in [3.05, 3.63) is 0 Å². The van der Waals surface area contributed by atoms with Gasteiger partial charge in [0.15, 0.2) is 0 Å². The molecular formula is C10H23NO2. The minimum atomic E-state index is 0.283. The first-order valence-corrected chi connectivity index (χ1v) is 5.21. The summed E-state index contributed by atoms with van der Waals surface area (Å²) in [5.74, 6) is 0. The number of likely N-dealkylation sites (N-methyl/N-ethyl adjacent to an activating group) is 1. The van der Waals surface area contributed by atoms with Crippen LogP contribution in [0, 0.1) is 0 Å². The normalized spacial score (nSPS) is 13.2. The van der Waals surface area contributed by atoms with Crippen LogP contribution in [0.3, 0.4) is 0 Å². The van der Waals surface area contributed by atoms with E-state index in [0.717, 1.165) is 26.1 Å². The fourth-order valence-corrected chi connectivity index (χ4v) is 0.961. The first kappa shape index (κ1) is 12.9. The molecule has 13 heavy (non-hydrogen) atoms. The van der Waals surface area contributed by atoms with Crippen LogP contribution in [-0.2, 0) is 9.47 Å². The highest BCUT2D eigenvalue weighted by molar-refractivity contribution is 4.53. The maximum absolute atomic E-state index is 5.50. The van der Waals surface area contributed by atoms with Gasteiger partial charge in [0, 0.05) is 13.2 Å². The van der Waals surface area contributed by atoms with Crippen molar-refractivity contribution in [2.45, 2.75) is 33.3 Å². The van der Waals surface area contributed by atoms with Crippen molar-refractivity contribution < 1.29 is 9.47 Å². The van der Waals surface area contributed by atoms with Gasteiger partial charge in [-0.05, 0) is 19.9 Å². The molecule has 0 rings (SSSR count). The summed E-state index contributed by atoms with van der Waals surface area (Å²) in [5.41, 5.74) is 0. The SMILES string of the molecule is CCCOCCOC(C)CNCC. The predicted octanol–water partition coefficient (Wildman–Crippen LogP) is 1.43. The van der Waals surface area contributed by atoms with Gasteiger partial charge in [-0.2, -0.15) is 0 Å². The summed E-state index contributed by atoms with van der Waals surface area (Å²) < 4.78 is 10.8. The molecule has 0 aliphatic carbocycles. The maximum atomic E-state index is 5.50. The molecule has 0 radical (unpaired) electrons. The molecular weight excluding hydrogens is 166 g/mol. The Morgan fingerprint density at radius 1 is 1.15 bits per heavy atom. The monoisotopic (exact) mass is 189 g/mol. The van der Waals surface area contributed by atoms with Crippen LogP contribution >= 0.6 is 0 Å². The number of hydrogen-bond donors (Lipinski definition) is 1. The number of nitrogens with one attached hydrogen (secondary N) is 1. The quantitative estimate of drug-likeness (QED) is 0.557. The Morgan fingerprint density at radius 3 is 2.54 bits per heavy atom.